The number of aromatic hydroxyl groups is 2. The monoisotopic (exact) mass is 397 g/mol. The van der Waals surface area contributed by atoms with E-state index in [1.807, 2.05) is 30.3 Å². The average Bonchev–Trinajstić information content (AvgIpc) is 2.73. The van der Waals surface area contributed by atoms with Crippen molar-refractivity contribution in [2.75, 3.05) is 18.9 Å². The standard InChI is InChI=1S/C21H19NO5S/c23-18-12-17(20(25)16-9-5-4-8-15(16)18)21(26)27-13-19(24)22-10-11-28-14-6-2-1-3-7-14/h1-9,12,23,25H,10-11,13H2,(H,22,24). The highest BCUT2D eigenvalue weighted by atomic mass is 32.2. The van der Waals surface area contributed by atoms with Gasteiger partial charge in [-0.3, -0.25) is 4.79 Å². The van der Waals surface area contributed by atoms with Crippen LogP contribution in [0.4, 0.5) is 0 Å². The number of carbonyl (C=O) groups excluding carboxylic acids is 2. The Morgan fingerprint density at radius 2 is 1.64 bits per heavy atom. The van der Waals surface area contributed by atoms with Gasteiger partial charge in [-0.15, -0.1) is 11.8 Å². The van der Waals surface area contributed by atoms with Crippen LogP contribution in [0.15, 0.2) is 65.6 Å². The number of benzene rings is 3. The van der Waals surface area contributed by atoms with Crippen molar-refractivity contribution in [1.82, 2.24) is 5.32 Å². The predicted molar refractivity (Wildman–Crippen MR) is 108 cm³/mol. The summed E-state index contributed by atoms with van der Waals surface area (Å²) in [4.78, 5) is 25.2. The maximum Gasteiger partial charge on any atom is 0.342 e. The second-order valence-corrected chi connectivity index (χ2v) is 7.09. The lowest BCUT2D eigenvalue weighted by Gasteiger charge is -2.10. The summed E-state index contributed by atoms with van der Waals surface area (Å²) < 4.78 is 4.96. The number of thioether (sulfide) groups is 1. The van der Waals surface area contributed by atoms with Gasteiger partial charge in [-0.25, -0.2) is 4.79 Å². The van der Waals surface area contributed by atoms with Gasteiger partial charge in [0.1, 0.15) is 17.1 Å². The molecule has 0 fully saturated rings. The number of rotatable bonds is 7. The van der Waals surface area contributed by atoms with Gasteiger partial charge in [-0.1, -0.05) is 42.5 Å². The first-order valence-corrected chi connectivity index (χ1v) is 9.60. The lowest BCUT2D eigenvalue weighted by Crippen LogP contribution is -2.30. The molecule has 28 heavy (non-hydrogen) atoms. The molecule has 7 heteroatoms. The minimum absolute atomic E-state index is 0.150. The van der Waals surface area contributed by atoms with E-state index in [4.69, 9.17) is 4.74 Å². The molecule has 0 aliphatic heterocycles. The molecule has 0 aliphatic carbocycles. The van der Waals surface area contributed by atoms with Crippen molar-refractivity contribution >= 4 is 34.4 Å². The van der Waals surface area contributed by atoms with Crippen LogP contribution in [0.3, 0.4) is 0 Å². The van der Waals surface area contributed by atoms with Gasteiger partial charge in [0.2, 0.25) is 0 Å². The van der Waals surface area contributed by atoms with Crippen molar-refractivity contribution in [2.45, 2.75) is 4.90 Å². The van der Waals surface area contributed by atoms with E-state index in [1.54, 1.807) is 36.0 Å². The quantitative estimate of drug-likeness (QED) is 0.245. The van der Waals surface area contributed by atoms with Gasteiger partial charge in [0.05, 0.1) is 0 Å². The van der Waals surface area contributed by atoms with Gasteiger partial charge in [-0.2, -0.15) is 0 Å². The lowest BCUT2D eigenvalue weighted by atomic mass is 10.0. The lowest BCUT2D eigenvalue weighted by molar-refractivity contribution is -0.124. The van der Waals surface area contributed by atoms with Crippen molar-refractivity contribution < 1.29 is 24.5 Å². The van der Waals surface area contributed by atoms with Crippen molar-refractivity contribution in [3.8, 4) is 11.5 Å². The molecule has 0 aliphatic rings. The third kappa shape index (κ3) is 4.75. The number of esters is 1. The molecule has 3 aromatic carbocycles. The van der Waals surface area contributed by atoms with E-state index in [0.717, 1.165) is 11.0 Å². The highest BCUT2D eigenvalue weighted by molar-refractivity contribution is 7.99. The molecule has 144 valence electrons. The van der Waals surface area contributed by atoms with E-state index >= 15 is 0 Å². The number of amides is 1. The number of phenolic OH excluding ortho intramolecular Hbond substituents is 2. The Hall–Kier alpha value is -3.19. The Kier molecular flexibility index (Phi) is 6.39. The van der Waals surface area contributed by atoms with E-state index < -0.39 is 18.5 Å². The Morgan fingerprint density at radius 1 is 0.964 bits per heavy atom. The minimum Gasteiger partial charge on any atom is -0.507 e. The molecule has 0 heterocycles. The molecule has 0 spiro atoms. The van der Waals surface area contributed by atoms with E-state index in [1.165, 1.54) is 0 Å². The zero-order valence-corrected chi connectivity index (χ0v) is 15.7. The fourth-order valence-electron chi connectivity index (χ4n) is 2.63. The summed E-state index contributed by atoms with van der Waals surface area (Å²) in [6, 6.07) is 17.5. The number of carbonyl (C=O) groups is 2. The van der Waals surface area contributed by atoms with Crippen molar-refractivity contribution in [3.63, 3.8) is 0 Å². The minimum atomic E-state index is -0.882. The Balaban J connectivity index is 1.50. The van der Waals surface area contributed by atoms with E-state index in [-0.39, 0.29) is 17.1 Å². The first-order valence-electron chi connectivity index (χ1n) is 8.61. The molecular formula is C21H19NO5S. The molecule has 6 nitrogen and oxygen atoms in total. The SMILES string of the molecule is O=C(COC(=O)c1cc(O)c2ccccc2c1O)NCCSc1ccccc1. The third-order valence-corrected chi connectivity index (χ3v) is 5.00. The van der Waals surface area contributed by atoms with Gasteiger partial charge in [-0.05, 0) is 18.2 Å². The number of hydrogen-bond donors (Lipinski definition) is 3. The van der Waals surface area contributed by atoms with Crippen LogP contribution in [-0.4, -0.2) is 41.0 Å². The number of fused-ring (bicyclic) bond motifs is 1. The van der Waals surface area contributed by atoms with Crippen LogP contribution in [0.1, 0.15) is 10.4 Å². The normalized spacial score (nSPS) is 10.6. The number of hydrogen-bond acceptors (Lipinski definition) is 6. The average molecular weight is 397 g/mol. The second kappa shape index (κ2) is 9.14. The fraction of sp³-hybridized carbons (Fsp3) is 0.143. The smallest absolute Gasteiger partial charge is 0.342 e. The van der Waals surface area contributed by atoms with Crippen LogP contribution in [0, 0.1) is 0 Å². The number of nitrogens with one attached hydrogen (secondary N) is 1. The molecule has 3 N–H and O–H groups in total. The zero-order valence-electron chi connectivity index (χ0n) is 14.9. The highest BCUT2D eigenvalue weighted by Gasteiger charge is 2.19. The molecule has 0 atom stereocenters. The van der Waals surface area contributed by atoms with Crippen molar-refractivity contribution in [3.05, 3.63) is 66.2 Å². The molecular weight excluding hydrogens is 378 g/mol. The Morgan fingerprint density at radius 3 is 2.39 bits per heavy atom. The molecule has 0 radical (unpaired) electrons. The van der Waals surface area contributed by atoms with Gasteiger partial charge < -0.3 is 20.3 Å². The largest absolute Gasteiger partial charge is 0.507 e. The van der Waals surface area contributed by atoms with E-state index in [9.17, 15) is 19.8 Å². The van der Waals surface area contributed by atoms with Gasteiger partial charge in [0, 0.05) is 28.0 Å². The van der Waals surface area contributed by atoms with Crippen LogP contribution < -0.4 is 5.32 Å². The molecule has 0 saturated carbocycles. The maximum absolute atomic E-state index is 12.2. The van der Waals surface area contributed by atoms with E-state index in [2.05, 4.69) is 5.32 Å². The molecule has 0 aromatic heterocycles. The Labute approximate surface area is 166 Å². The topological polar surface area (TPSA) is 95.9 Å². The summed E-state index contributed by atoms with van der Waals surface area (Å²) in [5, 5.41) is 23.7. The fourth-order valence-corrected chi connectivity index (χ4v) is 3.42. The molecule has 0 unspecified atom stereocenters. The van der Waals surface area contributed by atoms with Gasteiger partial charge in [0.25, 0.3) is 5.91 Å². The van der Waals surface area contributed by atoms with Crippen molar-refractivity contribution in [1.29, 1.82) is 0 Å². The highest BCUT2D eigenvalue weighted by Crippen LogP contribution is 2.35. The molecule has 3 rings (SSSR count). The van der Waals surface area contributed by atoms with Crippen LogP contribution in [-0.2, 0) is 9.53 Å². The zero-order chi connectivity index (χ0) is 19.9. The van der Waals surface area contributed by atoms with Crippen molar-refractivity contribution in [2.24, 2.45) is 0 Å². The van der Waals surface area contributed by atoms with Crippen LogP contribution >= 0.6 is 11.8 Å². The van der Waals surface area contributed by atoms with Gasteiger partial charge in [0.15, 0.2) is 6.61 Å². The molecule has 1 amide bonds. The van der Waals surface area contributed by atoms with Crippen LogP contribution in [0.2, 0.25) is 0 Å². The number of ether oxygens (including phenoxy) is 1. The summed E-state index contributed by atoms with van der Waals surface area (Å²) >= 11 is 1.60. The first-order chi connectivity index (χ1) is 13.6. The summed E-state index contributed by atoms with van der Waals surface area (Å²) in [6.07, 6.45) is 0. The summed E-state index contributed by atoms with van der Waals surface area (Å²) in [7, 11) is 0. The molecule has 3 aromatic rings. The summed E-state index contributed by atoms with van der Waals surface area (Å²) in [5.41, 5.74) is -0.191. The van der Waals surface area contributed by atoms with Crippen LogP contribution in [0.25, 0.3) is 10.8 Å². The third-order valence-electron chi connectivity index (χ3n) is 3.98. The predicted octanol–water partition coefficient (Wildman–Crippen LogP) is 3.32. The summed E-state index contributed by atoms with van der Waals surface area (Å²) in [6.45, 7) is -0.0418. The van der Waals surface area contributed by atoms with Crippen LogP contribution in [0.5, 0.6) is 11.5 Å². The Bertz CT molecular complexity index is 991. The molecule has 0 bridgehead atoms. The second-order valence-electron chi connectivity index (χ2n) is 5.93. The maximum atomic E-state index is 12.2. The first kappa shape index (κ1) is 19.6. The summed E-state index contributed by atoms with van der Waals surface area (Å²) in [5.74, 6) is -1.08. The van der Waals surface area contributed by atoms with Gasteiger partial charge >= 0.3 is 5.97 Å². The number of phenols is 2. The molecule has 0 saturated heterocycles. The van der Waals surface area contributed by atoms with E-state index in [0.29, 0.717) is 23.1 Å².